The van der Waals surface area contributed by atoms with Gasteiger partial charge in [-0.1, -0.05) is 6.08 Å². The van der Waals surface area contributed by atoms with Crippen LogP contribution in [0.25, 0.3) is 0 Å². The number of hydrogen-bond donors (Lipinski definition) is 11. The van der Waals surface area contributed by atoms with Gasteiger partial charge in [-0.05, 0) is 32.2 Å². The molecule has 3 rings (SSSR count). The van der Waals surface area contributed by atoms with Gasteiger partial charge < -0.3 is 78.7 Å². The normalized spacial score (nSPS) is 42.4. The van der Waals surface area contributed by atoms with E-state index in [1.165, 1.54) is 0 Å². The van der Waals surface area contributed by atoms with Gasteiger partial charge in [-0.2, -0.15) is 0 Å². The molecule has 16 nitrogen and oxygen atoms in total. The lowest BCUT2D eigenvalue weighted by molar-refractivity contribution is -0.303. The van der Waals surface area contributed by atoms with Gasteiger partial charge >= 0.3 is 0 Å². The van der Waals surface area contributed by atoms with E-state index in [0.717, 1.165) is 0 Å². The fourth-order valence-electron chi connectivity index (χ4n) is 5.51. The average molecular weight is 592 g/mol. The summed E-state index contributed by atoms with van der Waals surface area (Å²) < 4.78 is 24.3. The lowest BCUT2D eigenvalue weighted by Crippen LogP contribution is -2.71. The molecule has 1 aliphatic carbocycles. The van der Waals surface area contributed by atoms with Crippen molar-refractivity contribution in [1.29, 1.82) is 0 Å². The first kappa shape index (κ1) is 34.1. The van der Waals surface area contributed by atoms with Crippen LogP contribution in [0.3, 0.4) is 0 Å². The second kappa shape index (κ2) is 15.9. The van der Waals surface area contributed by atoms with Crippen LogP contribution in [0.15, 0.2) is 12.7 Å². The molecule has 2 heterocycles. The molecule has 2 saturated heterocycles. The van der Waals surface area contributed by atoms with Crippen LogP contribution in [0.2, 0.25) is 0 Å². The zero-order valence-electron chi connectivity index (χ0n) is 23.2. The van der Waals surface area contributed by atoms with Crippen molar-refractivity contribution >= 4 is 5.91 Å². The van der Waals surface area contributed by atoms with Gasteiger partial charge in [0.05, 0.1) is 49.1 Å². The molecule has 238 valence electrons. The molecule has 14 atom stereocenters. The third-order valence-corrected chi connectivity index (χ3v) is 7.90. The van der Waals surface area contributed by atoms with E-state index in [0.29, 0.717) is 19.4 Å². The molecule has 0 aromatic rings. The Bertz CT molecular complexity index is 830. The van der Waals surface area contributed by atoms with Gasteiger partial charge in [-0.25, -0.2) is 0 Å². The number of amides is 1. The number of carbonyl (C=O) groups is 1. The minimum absolute atomic E-state index is 0.0363. The molecule has 41 heavy (non-hydrogen) atoms. The smallest absolute Gasteiger partial charge is 0.249 e. The third kappa shape index (κ3) is 8.39. The lowest BCUT2D eigenvalue weighted by Gasteiger charge is -2.50. The molecule has 2 aliphatic heterocycles. The Hall–Kier alpha value is -1.35. The van der Waals surface area contributed by atoms with Crippen molar-refractivity contribution in [1.82, 2.24) is 10.6 Å². The van der Waals surface area contributed by atoms with Gasteiger partial charge in [0.2, 0.25) is 5.91 Å². The zero-order valence-corrected chi connectivity index (χ0v) is 23.2. The summed E-state index contributed by atoms with van der Waals surface area (Å²) in [5.74, 6) is -0.683. The fraction of sp³-hybridized carbons (Fsp3) is 0.880. The first-order chi connectivity index (χ1) is 19.6. The van der Waals surface area contributed by atoms with Crippen LogP contribution >= 0.6 is 0 Å². The molecule has 0 radical (unpaired) electrons. The van der Waals surface area contributed by atoms with Gasteiger partial charge in [-0.3, -0.25) is 4.79 Å². The SMILES string of the molecule is C=CCNC1C(O[C@@H]2OC(CN)CCC2N)[C@@H](N)C[C@@H](NC(=O)[C@@H](O)CCN)[C@H]1O[C@@H]1OC(CO)[C@H](O)[C@H](N)C1O. The van der Waals surface area contributed by atoms with Crippen LogP contribution in [0.4, 0.5) is 0 Å². The Morgan fingerprint density at radius 2 is 1.76 bits per heavy atom. The van der Waals surface area contributed by atoms with Gasteiger partial charge in [0, 0.05) is 19.1 Å². The van der Waals surface area contributed by atoms with Gasteiger partial charge in [-0.15, -0.1) is 6.58 Å². The van der Waals surface area contributed by atoms with E-state index in [9.17, 15) is 25.2 Å². The second-order valence-corrected chi connectivity index (χ2v) is 10.9. The predicted octanol–water partition coefficient (Wildman–Crippen LogP) is -5.62. The topological polar surface area (TPSA) is 289 Å². The van der Waals surface area contributed by atoms with Crippen molar-refractivity contribution < 1.29 is 44.2 Å². The number of rotatable bonds is 13. The quantitative estimate of drug-likeness (QED) is 0.0890. The summed E-state index contributed by atoms with van der Waals surface area (Å²) in [5.41, 5.74) is 30.2. The third-order valence-electron chi connectivity index (χ3n) is 7.90. The number of hydrogen-bond acceptors (Lipinski definition) is 15. The van der Waals surface area contributed by atoms with Crippen molar-refractivity contribution in [3.05, 3.63) is 12.7 Å². The summed E-state index contributed by atoms with van der Waals surface area (Å²) in [7, 11) is 0. The molecule has 16 heteroatoms. The molecule has 16 N–H and O–H groups in total. The largest absolute Gasteiger partial charge is 0.394 e. The molecule has 3 aliphatic rings. The minimum atomic E-state index is -1.48. The Morgan fingerprint density at radius 1 is 1.05 bits per heavy atom. The molecule has 0 aromatic carbocycles. The summed E-state index contributed by atoms with van der Waals surface area (Å²) >= 11 is 0. The molecular formula is C25H49N7O9. The number of nitrogens with one attached hydrogen (secondary N) is 2. The highest BCUT2D eigenvalue weighted by Gasteiger charge is 2.51. The fourth-order valence-corrected chi connectivity index (χ4v) is 5.51. The van der Waals surface area contributed by atoms with Crippen LogP contribution in [-0.4, -0.2) is 138 Å². The molecule has 1 saturated carbocycles. The van der Waals surface area contributed by atoms with E-state index < -0.39 is 91.9 Å². The van der Waals surface area contributed by atoms with Crippen molar-refractivity contribution in [2.45, 2.75) is 111 Å². The maximum atomic E-state index is 12.8. The van der Waals surface area contributed by atoms with Crippen molar-refractivity contribution in [2.75, 3.05) is 26.2 Å². The molecule has 0 aromatic heterocycles. The summed E-state index contributed by atoms with van der Waals surface area (Å²) in [6.45, 7) is 3.84. The lowest BCUT2D eigenvalue weighted by atomic mass is 9.81. The number of aliphatic hydroxyl groups excluding tert-OH is 4. The van der Waals surface area contributed by atoms with E-state index in [1.54, 1.807) is 6.08 Å². The molecule has 0 bridgehead atoms. The van der Waals surface area contributed by atoms with Crippen LogP contribution in [0.5, 0.6) is 0 Å². The summed E-state index contributed by atoms with van der Waals surface area (Å²) in [6.07, 6.45) is -6.46. The van der Waals surface area contributed by atoms with Gasteiger partial charge in [0.25, 0.3) is 0 Å². The van der Waals surface area contributed by atoms with Gasteiger partial charge in [0.1, 0.15) is 24.4 Å². The molecule has 6 unspecified atom stereocenters. The predicted molar refractivity (Wildman–Crippen MR) is 147 cm³/mol. The number of aliphatic hydroxyl groups is 4. The number of nitrogens with two attached hydrogens (primary N) is 5. The van der Waals surface area contributed by atoms with Crippen LogP contribution in [0, 0.1) is 0 Å². The minimum Gasteiger partial charge on any atom is -0.394 e. The van der Waals surface area contributed by atoms with E-state index in [2.05, 4.69) is 17.2 Å². The van der Waals surface area contributed by atoms with Crippen LogP contribution in [0.1, 0.15) is 25.7 Å². The summed E-state index contributed by atoms with van der Waals surface area (Å²) in [4.78, 5) is 12.8. The number of ether oxygens (including phenoxy) is 4. The van der Waals surface area contributed by atoms with Gasteiger partial charge in [0.15, 0.2) is 12.6 Å². The monoisotopic (exact) mass is 591 g/mol. The zero-order chi connectivity index (χ0) is 30.3. The van der Waals surface area contributed by atoms with Crippen molar-refractivity contribution in [3.63, 3.8) is 0 Å². The summed E-state index contributed by atoms with van der Waals surface area (Å²) in [6, 6.07) is -3.87. The van der Waals surface area contributed by atoms with Crippen molar-refractivity contribution in [2.24, 2.45) is 28.7 Å². The van der Waals surface area contributed by atoms with E-state index in [-0.39, 0.29) is 32.0 Å². The summed E-state index contributed by atoms with van der Waals surface area (Å²) in [5, 5.41) is 47.1. The first-order valence-electron chi connectivity index (χ1n) is 14.1. The first-order valence-corrected chi connectivity index (χ1v) is 14.1. The Kier molecular flexibility index (Phi) is 13.3. The molecule has 1 amide bonds. The second-order valence-electron chi connectivity index (χ2n) is 10.9. The van der Waals surface area contributed by atoms with E-state index >= 15 is 0 Å². The molecular weight excluding hydrogens is 542 g/mol. The highest BCUT2D eigenvalue weighted by atomic mass is 16.7. The molecule has 3 fully saturated rings. The van der Waals surface area contributed by atoms with Crippen LogP contribution < -0.4 is 39.3 Å². The Morgan fingerprint density at radius 3 is 2.39 bits per heavy atom. The maximum Gasteiger partial charge on any atom is 0.249 e. The van der Waals surface area contributed by atoms with Crippen LogP contribution in [-0.2, 0) is 23.7 Å². The van der Waals surface area contributed by atoms with E-state index in [4.69, 9.17) is 47.6 Å². The highest BCUT2D eigenvalue weighted by molar-refractivity contribution is 5.80. The average Bonchev–Trinajstić information content (AvgIpc) is 2.95. The van der Waals surface area contributed by atoms with Crippen molar-refractivity contribution in [3.8, 4) is 0 Å². The maximum absolute atomic E-state index is 12.8. The highest BCUT2D eigenvalue weighted by Crippen LogP contribution is 2.31. The Balaban J connectivity index is 1.93. The number of carbonyl (C=O) groups excluding carboxylic acids is 1. The standard InChI is InChI=1S/C25H49N7O9/c1-2-7-31-18-21(40-24-12(28)4-3-11(9-27)38-24)13(29)8-14(32-23(37)15(34)5-6-26)22(18)41-25-20(36)17(30)19(35)16(10-33)39-25/h2,11-22,24-25,31,33-36H,1,3-10,26-30H2,(H,32,37)/t11?,12?,13-,14+,15-,16?,17-,18?,19-,20?,21?,22+,24-,25-/m0/s1. The Labute approximate surface area is 239 Å². The van der Waals surface area contributed by atoms with E-state index in [1.807, 2.05) is 0 Å². The molecule has 0 spiro atoms.